The van der Waals surface area contributed by atoms with Gasteiger partial charge >= 0.3 is 29.6 Å². The van der Waals surface area contributed by atoms with Gasteiger partial charge in [-0.15, -0.1) is 41.0 Å². The number of hydrogen-bond acceptors (Lipinski definition) is 5. The molecule has 1 aromatic carbocycles. The predicted molar refractivity (Wildman–Crippen MR) is 88.0 cm³/mol. The Labute approximate surface area is 164 Å². The van der Waals surface area contributed by atoms with E-state index in [1.54, 1.807) is 18.2 Å². The van der Waals surface area contributed by atoms with Crippen molar-refractivity contribution < 1.29 is 39.1 Å². The molecule has 0 aliphatic carbocycles. The summed E-state index contributed by atoms with van der Waals surface area (Å²) < 4.78 is 0.338. The zero-order valence-corrected chi connectivity index (χ0v) is 16.1. The molecular formula is C13H10N5NaO2S2. The van der Waals surface area contributed by atoms with Crippen molar-refractivity contribution in [2.24, 2.45) is 5.11 Å². The van der Waals surface area contributed by atoms with Crippen LogP contribution in [-0.4, -0.2) is 34.6 Å². The molecule has 112 valence electrons. The number of carbonyl (C=O) groups is 2. The number of likely N-dealkylation sites (N-methyl/N-ethyl adjacent to an activating group) is 1. The van der Waals surface area contributed by atoms with E-state index in [2.05, 4.69) is 21.4 Å². The molecule has 0 radical (unpaired) electrons. The van der Waals surface area contributed by atoms with E-state index in [-0.39, 0.29) is 47.9 Å². The second kappa shape index (κ2) is 9.07. The van der Waals surface area contributed by atoms with Crippen LogP contribution >= 0.6 is 24.0 Å². The van der Waals surface area contributed by atoms with Crippen molar-refractivity contribution >= 4 is 51.9 Å². The summed E-state index contributed by atoms with van der Waals surface area (Å²) in [7, 11) is 1.50. The number of amides is 2. The van der Waals surface area contributed by atoms with Gasteiger partial charge in [-0.25, -0.2) is 0 Å². The van der Waals surface area contributed by atoms with Crippen LogP contribution < -0.4 is 34.9 Å². The molecule has 7 nitrogen and oxygen atoms in total. The molecule has 1 saturated heterocycles. The van der Waals surface area contributed by atoms with Crippen LogP contribution in [0.5, 0.6) is 0 Å². The Morgan fingerprint density at radius 1 is 1.61 bits per heavy atom. The summed E-state index contributed by atoms with van der Waals surface area (Å²) in [6.07, 6.45) is 1.63. The van der Waals surface area contributed by atoms with E-state index in [9.17, 15) is 9.59 Å². The Hall–Kier alpha value is -1.35. The van der Waals surface area contributed by atoms with Gasteiger partial charge in [-0.1, -0.05) is 24.0 Å². The van der Waals surface area contributed by atoms with Gasteiger partial charge in [-0.05, 0) is 16.1 Å². The van der Waals surface area contributed by atoms with Crippen molar-refractivity contribution in [1.82, 2.24) is 10.2 Å². The quantitative estimate of drug-likeness (QED) is 0.148. The molecule has 10 heteroatoms. The molecule has 0 saturated carbocycles. The third-order valence-corrected chi connectivity index (χ3v) is 4.10. The molecule has 0 atom stereocenters. The molecular weight excluding hydrogens is 345 g/mol. The van der Waals surface area contributed by atoms with Crippen LogP contribution in [0.25, 0.3) is 16.5 Å². The van der Waals surface area contributed by atoms with Crippen LogP contribution in [0.2, 0.25) is 0 Å². The van der Waals surface area contributed by atoms with Crippen LogP contribution in [0, 0.1) is 6.07 Å². The summed E-state index contributed by atoms with van der Waals surface area (Å²) >= 11 is 6.24. The third-order valence-electron chi connectivity index (χ3n) is 2.72. The largest absolute Gasteiger partial charge is 1.00 e. The van der Waals surface area contributed by atoms with Crippen LogP contribution in [0.1, 0.15) is 5.56 Å². The number of nitrogens with one attached hydrogen (secondary N) is 1. The van der Waals surface area contributed by atoms with Crippen molar-refractivity contribution in [1.29, 1.82) is 0 Å². The number of nitrogens with zero attached hydrogens (tertiary/aromatic N) is 4. The predicted octanol–water partition coefficient (Wildman–Crippen LogP) is -0.620. The molecule has 1 fully saturated rings. The van der Waals surface area contributed by atoms with E-state index < -0.39 is 0 Å². The molecule has 0 spiro atoms. The Kier molecular flexibility index (Phi) is 7.77. The number of azide groups is 1. The van der Waals surface area contributed by atoms with Gasteiger partial charge in [0.05, 0.1) is 0 Å². The van der Waals surface area contributed by atoms with E-state index in [1.807, 2.05) is 0 Å². The van der Waals surface area contributed by atoms with E-state index >= 15 is 0 Å². The number of rotatable bonds is 4. The summed E-state index contributed by atoms with van der Waals surface area (Å²) in [5, 5.41) is 5.89. The van der Waals surface area contributed by atoms with Crippen LogP contribution in [0.4, 0.5) is 5.69 Å². The van der Waals surface area contributed by atoms with Crippen LogP contribution in [0.15, 0.2) is 28.2 Å². The Bertz CT molecular complexity index is 714. The molecule has 0 unspecified atom stereocenters. The van der Waals surface area contributed by atoms with E-state index in [1.165, 1.54) is 18.0 Å². The first-order valence-electron chi connectivity index (χ1n) is 6.08. The van der Waals surface area contributed by atoms with Crippen LogP contribution in [0.3, 0.4) is 0 Å². The smallest absolute Gasteiger partial charge is 0.358 e. The minimum Gasteiger partial charge on any atom is -0.358 e. The SMILES string of the molecule is CNC(=O)CN1C(=O)C(=Cc2[c-]cc(N=[N+]=[N-])cc2)SC1=S.[Na+]. The molecule has 1 aliphatic heterocycles. The monoisotopic (exact) mass is 355 g/mol. The van der Waals surface area contributed by atoms with Crippen molar-refractivity contribution in [3.8, 4) is 0 Å². The first-order valence-corrected chi connectivity index (χ1v) is 7.30. The van der Waals surface area contributed by atoms with Crippen molar-refractivity contribution in [2.45, 2.75) is 0 Å². The molecule has 1 heterocycles. The Morgan fingerprint density at radius 2 is 2.35 bits per heavy atom. The fourth-order valence-corrected chi connectivity index (χ4v) is 2.88. The molecule has 0 bridgehead atoms. The maximum Gasteiger partial charge on any atom is 1.00 e. The normalized spacial score (nSPS) is 15.2. The maximum absolute atomic E-state index is 12.2. The zero-order chi connectivity index (χ0) is 16.1. The first kappa shape index (κ1) is 19.7. The van der Waals surface area contributed by atoms with Gasteiger partial charge in [0.1, 0.15) is 10.9 Å². The fraction of sp³-hybridized carbons (Fsp3) is 0.154. The summed E-state index contributed by atoms with van der Waals surface area (Å²) in [6.45, 7) is -0.0992. The fourth-order valence-electron chi connectivity index (χ4n) is 1.63. The van der Waals surface area contributed by atoms with E-state index in [4.69, 9.17) is 17.7 Å². The van der Waals surface area contributed by atoms with Gasteiger partial charge in [-0.2, -0.15) is 0 Å². The second-order valence-electron chi connectivity index (χ2n) is 4.13. The number of thioether (sulfide) groups is 1. The Balaban J connectivity index is 0.00000264. The molecule has 1 aromatic rings. The van der Waals surface area contributed by atoms with E-state index in [0.29, 0.717) is 20.5 Å². The number of carbonyl (C=O) groups excluding carboxylic acids is 2. The van der Waals surface area contributed by atoms with Gasteiger partial charge in [-0.3, -0.25) is 14.5 Å². The number of hydrogen-bond donors (Lipinski definition) is 1. The standard InChI is InChI=1S/C13H10N5O2S2.Na/c1-15-11(19)7-18-12(20)10(22-13(18)21)6-8-2-4-9(5-3-8)16-17-14;/h2,4-6H,7H2,1H3,(H,15,19);/q-1;+1. The van der Waals surface area contributed by atoms with E-state index in [0.717, 1.165) is 11.8 Å². The molecule has 1 aliphatic rings. The average molecular weight is 355 g/mol. The molecule has 23 heavy (non-hydrogen) atoms. The number of benzene rings is 1. The summed E-state index contributed by atoms with van der Waals surface area (Å²) in [4.78, 5) is 28.0. The molecule has 0 aromatic heterocycles. The Morgan fingerprint density at radius 3 is 2.91 bits per heavy atom. The van der Waals surface area contributed by atoms with Crippen molar-refractivity contribution in [3.63, 3.8) is 0 Å². The van der Waals surface area contributed by atoms with Crippen molar-refractivity contribution in [2.75, 3.05) is 13.6 Å². The number of thiocarbonyl (C=S) groups is 1. The second-order valence-corrected chi connectivity index (χ2v) is 5.81. The summed E-state index contributed by atoms with van der Waals surface area (Å²) in [5.74, 6) is -0.603. The average Bonchev–Trinajstić information content (AvgIpc) is 2.77. The van der Waals surface area contributed by atoms with Gasteiger partial charge in [0.25, 0.3) is 5.91 Å². The third kappa shape index (κ3) is 5.07. The minimum atomic E-state index is -0.314. The van der Waals surface area contributed by atoms with Gasteiger partial charge in [0, 0.05) is 12.0 Å². The van der Waals surface area contributed by atoms with Gasteiger partial charge in [0.2, 0.25) is 5.91 Å². The van der Waals surface area contributed by atoms with Crippen molar-refractivity contribution in [3.05, 3.63) is 45.2 Å². The minimum absolute atomic E-state index is 0. The zero-order valence-electron chi connectivity index (χ0n) is 12.4. The first-order chi connectivity index (χ1) is 10.5. The molecule has 2 amide bonds. The van der Waals surface area contributed by atoms with Crippen LogP contribution in [-0.2, 0) is 9.59 Å². The molecule has 2 rings (SSSR count). The summed E-state index contributed by atoms with van der Waals surface area (Å²) in [5.41, 5.74) is 9.42. The van der Waals surface area contributed by atoms with Gasteiger partial charge in [0.15, 0.2) is 0 Å². The molecule has 1 N–H and O–H groups in total. The van der Waals surface area contributed by atoms with Gasteiger partial charge < -0.3 is 5.32 Å². The maximum atomic E-state index is 12.2. The topological polar surface area (TPSA) is 98.2 Å². The summed E-state index contributed by atoms with van der Waals surface area (Å²) in [6, 6.07) is 7.72.